The number of nitrogens with one attached hydrogen (secondary N) is 8. The van der Waals surface area contributed by atoms with Crippen LogP contribution in [0.25, 0.3) is 44.5 Å². The zero-order valence-corrected chi connectivity index (χ0v) is 78.3. The van der Waals surface area contributed by atoms with Gasteiger partial charge in [0.2, 0.25) is 10.0 Å². The lowest BCUT2D eigenvalue weighted by Crippen LogP contribution is -2.22. The molecule has 4 aliphatic carbocycles. The smallest absolute Gasteiger partial charge is 0.242 e. The molecule has 12 aromatic rings. The van der Waals surface area contributed by atoms with Crippen LogP contribution in [0.3, 0.4) is 0 Å². The van der Waals surface area contributed by atoms with Crippen molar-refractivity contribution in [3.63, 3.8) is 0 Å². The fourth-order valence-electron chi connectivity index (χ4n) is 16.3. The minimum atomic E-state index is -3.49. The molecule has 0 atom stereocenters. The van der Waals surface area contributed by atoms with E-state index in [0.717, 1.165) is 99.2 Å². The summed E-state index contributed by atoms with van der Waals surface area (Å²) in [4.78, 5) is 52.8. The molecule has 29 nitrogen and oxygen atoms in total. The molecule has 134 heavy (non-hydrogen) atoms. The van der Waals surface area contributed by atoms with E-state index in [-0.39, 0.29) is 23.0 Å². The molecule has 4 aliphatic rings. The standard InChI is InChI=1S/C26H30N6O2S.C26H29N5O2.2C25H27N5O2S/c1-4-21-16-29-26(18-27-21)31-25-14-24(28-15-19-8-6-5-7-9-19)23(17-30-25)20-10-12-22(13-11-20)35(33,34)32(2)3;1-2-21-16-29-26(18-27-21)31-25-14-24(28-15-19-6-4-3-5-7-19)23(17-30-25)20-8-10-22(11-9-20)33-13-12-32;1-3-20-15-28-25(17-26-20)30-24-13-23(27-14-18-8-5-4-6-9-18)22(16-29-24)19-10-7-11-21(12-19)33(2,31)32;1-3-20-15-28-25(17-26-20)30-24-13-23(27-14-18-7-5-4-6-8-18)22(16-29-24)19-9-11-21(12-10-19)33(2,31)32/h1,10-14,16-19H,5-9,15H2,2-3H3,(H2,28,29,30,31);1,8-11,14,16-19,32H,3-7,12-13,15H2,(H2,28,29,30,31);1,7,10-13,15-18H,4-6,8-9,14H2,2H3,(H2,27,28,29,30);1,9-13,15-18H,4-8,14H2,2H3,(H2,27,28,29,30). The van der Waals surface area contributed by atoms with E-state index in [1.54, 1.807) is 92.0 Å². The number of sulfone groups is 2. The lowest BCUT2D eigenvalue weighted by Gasteiger charge is -2.23. The Balaban J connectivity index is 0.000000152. The minimum absolute atomic E-state index is 0.00872. The van der Waals surface area contributed by atoms with Crippen LogP contribution in [0.15, 0.2) is 210 Å². The molecule has 0 amide bonds. The number of rotatable bonds is 31. The summed E-state index contributed by atoms with van der Waals surface area (Å²) >= 11 is 0. The number of ether oxygens (including phenoxy) is 1. The number of nitrogens with zero attached hydrogens (tertiary/aromatic N) is 13. The third-order valence-electron chi connectivity index (χ3n) is 23.7. The number of aliphatic hydroxyl groups excluding tert-OH is 1. The van der Waals surface area contributed by atoms with Crippen LogP contribution in [0, 0.1) is 73.0 Å². The zero-order chi connectivity index (χ0) is 94.2. The van der Waals surface area contributed by atoms with Crippen LogP contribution in [-0.2, 0) is 29.7 Å². The Kier molecular flexibility index (Phi) is 34.9. The van der Waals surface area contributed by atoms with Gasteiger partial charge in [0.15, 0.2) is 19.7 Å². The Morgan fingerprint density at radius 1 is 0.336 bits per heavy atom. The van der Waals surface area contributed by atoms with Crippen LogP contribution < -0.4 is 47.3 Å². The molecule has 4 fully saturated rings. The summed E-state index contributed by atoms with van der Waals surface area (Å²) in [6.07, 6.45) is 68.9. The van der Waals surface area contributed by atoms with Gasteiger partial charge in [-0.1, -0.05) is 126 Å². The Morgan fingerprint density at radius 3 is 0.888 bits per heavy atom. The number of aliphatic hydroxyl groups is 1. The van der Waals surface area contributed by atoms with Crippen molar-refractivity contribution in [1.29, 1.82) is 0 Å². The van der Waals surface area contributed by atoms with Crippen molar-refractivity contribution >= 4 is 99.0 Å². The van der Waals surface area contributed by atoms with Gasteiger partial charge < -0.3 is 52.4 Å². The van der Waals surface area contributed by atoms with E-state index in [0.29, 0.717) is 97.9 Å². The minimum Gasteiger partial charge on any atom is -0.491 e. The predicted molar refractivity (Wildman–Crippen MR) is 532 cm³/mol. The Bertz CT molecular complexity index is 6440. The van der Waals surface area contributed by atoms with Gasteiger partial charge in [0.25, 0.3) is 0 Å². The van der Waals surface area contributed by atoms with Gasteiger partial charge in [0.05, 0.1) is 70.9 Å². The van der Waals surface area contributed by atoms with Crippen molar-refractivity contribution in [2.75, 3.05) is 109 Å². The first-order chi connectivity index (χ1) is 64.9. The summed E-state index contributed by atoms with van der Waals surface area (Å²) in [5.41, 5.74) is 12.9. The fraction of sp³-hybridized carbons (Fsp3) is 0.333. The Hall–Kier alpha value is -14.0. The van der Waals surface area contributed by atoms with E-state index in [1.165, 1.54) is 178 Å². The van der Waals surface area contributed by atoms with Crippen molar-refractivity contribution in [1.82, 2.24) is 64.1 Å². The number of sulfonamides is 1. The van der Waals surface area contributed by atoms with Gasteiger partial charge in [-0.25, -0.2) is 89.4 Å². The average molecular weight is 1860 g/mol. The predicted octanol–water partition coefficient (Wildman–Crippen LogP) is 18.5. The molecule has 8 heterocycles. The second-order valence-corrected chi connectivity index (χ2v) is 39.9. The zero-order valence-electron chi connectivity index (χ0n) is 75.8. The van der Waals surface area contributed by atoms with E-state index < -0.39 is 29.7 Å². The van der Waals surface area contributed by atoms with E-state index in [2.05, 4.69) is 126 Å². The quantitative estimate of drug-likeness (QED) is 0.0182. The first kappa shape index (κ1) is 97.5. The van der Waals surface area contributed by atoms with E-state index in [9.17, 15) is 25.3 Å². The van der Waals surface area contributed by atoms with Crippen LogP contribution in [0.2, 0.25) is 0 Å². The summed E-state index contributed by atoms with van der Waals surface area (Å²) < 4.78 is 79.4. The summed E-state index contributed by atoms with van der Waals surface area (Å²) in [5.74, 6) is 17.9. The third-order valence-corrected chi connectivity index (χ3v) is 27.8. The maximum absolute atomic E-state index is 12.5. The van der Waals surface area contributed by atoms with Gasteiger partial charge in [-0.3, -0.25) is 0 Å². The second-order valence-electron chi connectivity index (χ2n) is 33.7. The van der Waals surface area contributed by atoms with Crippen molar-refractivity contribution in [2.24, 2.45) is 23.7 Å². The molecular weight excluding hydrogens is 1740 g/mol. The third kappa shape index (κ3) is 28.5. The van der Waals surface area contributed by atoms with Gasteiger partial charge in [-0.15, -0.1) is 25.7 Å². The average Bonchev–Trinajstić information content (AvgIpc) is 0.806. The number of hydrogen-bond donors (Lipinski definition) is 9. The summed E-state index contributed by atoms with van der Waals surface area (Å²) in [6.45, 7) is 3.82. The van der Waals surface area contributed by atoms with Crippen LogP contribution in [0.5, 0.6) is 5.75 Å². The van der Waals surface area contributed by atoms with Gasteiger partial charge in [-0.2, -0.15) is 0 Å². The topological polar surface area (TPSA) is 386 Å². The van der Waals surface area contributed by atoms with Gasteiger partial charge in [0, 0.05) is 147 Å². The van der Waals surface area contributed by atoms with Crippen LogP contribution in [-0.4, -0.2) is 160 Å². The highest BCUT2D eigenvalue weighted by Gasteiger charge is 2.24. The molecule has 16 rings (SSSR count). The Labute approximate surface area is 786 Å². The molecule has 0 radical (unpaired) electrons. The molecule has 0 spiro atoms. The number of aromatic nitrogens is 12. The molecule has 0 saturated heterocycles. The molecule has 8 aromatic heterocycles. The van der Waals surface area contributed by atoms with Crippen LogP contribution >= 0.6 is 0 Å². The van der Waals surface area contributed by atoms with E-state index in [1.807, 2.05) is 85.1 Å². The SMILES string of the molecule is C#Cc1cnc(Nc2cc(NCC3CCCCC3)c(-c3ccc(OCCO)cc3)cn2)cn1.C#Cc1cnc(Nc2cc(NCC3CCCCC3)c(-c3ccc(S(=O)(=O)N(C)C)cc3)cn2)cn1.C#Cc1cnc(Nc2cc(NCC3CCCCC3)c(-c3ccc(S(C)(=O)=O)cc3)cn2)cn1.C#Cc1cnc(Nc2cc(NCC3CCCCC3)c(-c3cccc(S(C)(=O)=O)c3)cn2)cn1. The maximum Gasteiger partial charge on any atom is 0.242 e. The molecule has 692 valence electrons. The molecule has 0 aliphatic heterocycles. The largest absolute Gasteiger partial charge is 0.491 e. The molecular formula is C102H113N21O8S3. The number of hydrogen-bond acceptors (Lipinski definition) is 28. The highest BCUT2D eigenvalue weighted by Crippen LogP contribution is 2.39. The van der Waals surface area contributed by atoms with Crippen LogP contribution in [0.4, 0.5) is 69.3 Å². The number of anilines is 12. The van der Waals surface area contributed by atoms with E-state index >= 15 is 0 Å². The lowest BCUT2D eigenvalue weighted by atomic mass is 9.89. The fourth-order valence-corrected chi connectivity index (χ4v) is 18.5. The summed E-state index contributed by atoms with van der Waals surface area (Å²) in [6, 6.07) is 36.4. The summed E-state index contributed by atoms with van der Waals surface area (Å²) in [7, 11) is -7.00. The molecule has 4 saturated carbocycles. The first-order valence-electron chi connectivity index (χ1n) is 45.1. The van der Waals surface area contributed by atoms with Crippen molar-refractivity contribution in [2.45, 2.75) is 143 Å². The van der Waals surface area contributed by atoms with E-state index in [4.69, 9.17) is 35.5 Å². The highest BCUT2D eigenvalue weighted by atomic mass is 32.2. The van der Waals surface area contributed by atoms with Crippen molar-refractivity contribution < 1.29 is 35.1 Å². The second kappa shape index (κ2) is 47.9. The number of pyridine rings is 4. The van der Waals surface area contributed by atoms with Crippen molar-refractivity contribution in [3.05, 3.63) is 218 Å². The molecule has 0 bridgehead atoms. The van der Waals surface area contributed by atoms with Gasteiger partial charge >= 0.3 is 0 Å². The molecule has 4 aromatic carbocycles. The molecule has 0 unspecified atom stereocenters. The monoisotopic (exact) mass is 1860 g/mol. The highest BCUT2D eigenvalue weighted by molar-refractivity contribution is 7.91. The van der Waals surface area contributed by atoms with Crippen molar-refractivity contribution in [3.8, 4) is 99.6 Å². The number of terminal acetylenes is 4. The first-order valence-corrected chi connectivity index (χ1v) is 50.3. The lowest BCUT2D eigenvalue weighted by molar-refractivity contribution is 0.201. The summed E-state index contributed by atoms with van der Waals surface area (Å²) in [5, 5.41) is 36.2. The van der Waals surface area contributed by atoms with Crippen LogP contribution in [0.1, 0.15) is 151 Å². The number of benzene rings is 4. The van der Waals surface area contributed by atoms with Gasteiger partial charge in [0.1, 0.15) is 81.7 Å². The molecule has 32 heteroatoms. The van der Waals surface area contributed by atoms with Gasteiger partial charge in [-0.05, 0) is 170 Å². The Morgan fingerprint density at radius 2 is 0.619 bits per heavy atom. The normalized spacial score (nSPS) is 14.3. The maximum atomic E-state index is 12.5. The molecule has 9 N–H and O–H groups in total.